The SMILES string of the molecule is C[C@H]1CCc2cccc(O)c2[C@@H]1O. The van der Waals surface area contributed by atoms with Gasteiger partial charge in [0.05, 0.1) is 6.10 Å². The van der Waals surface area contributed by atoms with E-state index in [1.165, 1.54) is 0 Å². The second-order valence-corrected chi connectivity index (χ2v) is 3.81. The van der Waals surface area contributed by atoms with E-state index in [0.29, 0.717) is 0 Å². The number of benzene rings is 1. The average Bonchev–Trinajstić information content (AvgIpc) is 2.12. The molecule has 1 aliphatic rings. The van der Waals surface area contributed by atoms with Gasteiger partial charge in [0.25, 0.3) is 0 Å². The van der Waals surface area contributed by atoms with E-state index in [1.807, 2.05) is 19.1 Å². The van der Waals surface area contributed by atoms with Gasteiger partial charge in [-0.25, -0.2) is 0 Å². The molecule has 0 amide bonds. The van der Waals surface area contributed by atoms with Crippen LogP contribution in [0.4, 0.5) is 0 Å². The molecule has 2 nitrogen and oxygen atoms in total. The van der Waals surface area contributed by atoms with Crippen LogP contribution in [0.1, 0.15) is 30.6 Å². The summed E-state index contributed by atoms with van der Waals surface area (Å²) in [5.74, 6) is 0.484. The molecular formula is C11H14O2. The number of phenolic OH excluding ortho intramolecular Hbond substituents is 1. The number of hydrogen-bond donors (Lipinski definition) is 2. The summed E-state index contributed by atoms with van der Waals surface area (Å²) in [6.07, 6.45) is 1.46. The van der Waals surface area contributed by atoms with Crippen LogP contribution < -0.4 is 0 Å². The molecule has 1 aliphatic carbocycles. The number of fused-ring (bicyclic) bond motifs is 1. The Bertz CT molecular complexity index is 320. The molecule has 1 aromatic carbocycles. The molecule has 2 heteroatoms. The minimum Gasteiger partial charge on any atom is -0.508 e. The van der Waals surface area contributed by atoms with Crippen molar-refractivity contribution < 1.29 is 10.2 Å². The molecule has 0 saturated heterocycles. The van der Waals surface area contributed by atoms with E-state index in [0.717, 1.165) is 24.0 Å². The first-order valence-corrected chi connectivity index (χ1v) is 4.69. The van der Waals surface area contributed by atoms with Gasteiger partial charge in [-0.05, 0) is 30.4 Å². The van der Waals surface area contributed by atoms with Crippen LogP contribution in [-0.4, -0.2) is 10.2 Å². The number of aromatic hydroxyl groups is 1. The Hall–Kier alpha value is -1.02. The average molecular weight is 178 g/mol. The summed E-state index contributed by atoms with van der Waals surface area (Å²) >= 11 is 0. The van der Waals surface area contributed by atoms with E-state index in [1.54, 1.807) is 6.07 Å². The lowest BCUT2D eigenvalue weighted by molar-refractivity contribution is 0.101. The van der Waals surface area contributed by atoms with Crippen LogP contribution in [0, 0.1) is 5.92 Å². The Balaban J connectivity index is 2.51. The van der Waals surface area contributed by atoms with Gasteiger partial charge >= 0.3 is 0 Å². The maximum absolute atomic E-state index is 9.85. The molecule has 2 N–H and O–H groups in total. The minimum atomic E-state index is -0.495. The van der Waals surface area contributed by atoms with Crippen molar-refractivity contribution in [2.75, 3.05) is 0 Å². The molecule has 0 bridgehead atoms. The van der Waals surface area contributed by atoms with Gasteiger partial charge in [-0.2, -0.15) is 0 Å². The van der Waals surface area contributed by atoms with Crippen LogP contribution in [0.5, 0.6) is 5.75 Å². The second kappa shape index (κ2) is 3.04. The number of hydrogen-bond acceptors (Lipinski definition) is 2. The van der Waals surface area contributed by atoms with Crippen LogP contribution in [0.2, 0.25) is 0 Å². The molecule has 70 valence electrons. The molecule has 0 aromatic heterocycles. The largest absolute Gasteiger partial charge is 0.508 e. The molecule has 2 rings (SSSR count). The lowest BCUT2D eigenvalue weighted by Crippen LogP contribution is -2.17. The Morgan fingerprint density at radius 2 is 2.15 bits per heavy atom. The van der Waals surface area contributed by atoms with E-state index >= 15 is 0 Å². The third-order valence-corrected chi connectivity index (χ3v) is 2.88. The maximum atomic E-state index is 9.85. The standard InChI is InChI=1S/C11H14O2/c1-7-5-6-8-3-2-4-9(12)10(8)11(7)13/h2-4,7,11-13H,5-6H2,1H3/t7-,11+/m0/s1. The molecular weight excluding hydrogens is 164 g/mol. The van der Waals surface area contributed by atoms with Crippen LogP contribution in [0.15, 0.2) is 18.2 Å². The molecule has 1 aromatic rings. The molecule has 0 aliphatic heterocycles. The molecule has 0 spiro atoms. The number of aliphatic hydroxyl groups is 1. The summed E-state index contributed by atoms with van der Waals surface area (Å²) in [6.45, 7) is 2.01. The van der Waals surface area contributed by atoms with Crippen molar-refractivity contribution >= 4 is 0 Å². The first kappa shape index (κ1) is 8.57. The fourth-order valence-electron chi connectivity index (χ4n) is 1.98. The number of aryl methyl sites for hydroxylation is 1. The normalized spacial score (nSPS) is 26.9. The predicted molar refractivity (Wildman–Crippen MR) is 50.6 cm³/mol. The van der Waals surface area contributed by atoms with Crippen LogP contribution in [-0.2, 0) is 6.42 Å². The lowest BCUT2D eigenvalue weighted by atomic mass is 9.82. The monoisotopic (exact) mass is 178 g/mol. The van der Waals surface area contributed by atoms with Crippen molar-refractivity contribution in [1.82, 2.24) is 0 Å². The number of aliphatic hydroxyl groups excluding tert-OH is 1. The van der Waals surface area contributed by atoms with Crippen LogP contribution in [0.25, 0.3) is 0 Å². The Morgan fingerprint density at radius 1 is 1.38 bits per heavy atom. The van der Waals surface area contributed by atoms with E-state index in [4.69, 9.17) is 0 Å². The van der Waals surface area contributed by atoms with Gasteiger partial charge in [0.2, 0.25) is 0 Å². The molecule has 2 atom stereocenters. The highest BCUT2D eigenvalue weighted by Crippen LogP contribution is 2.38. The number of rotatable bonds is 0. The fourth-order valence-corrected chi connectivity index (χ4v) is 1.98. The topological polar surface area (TPSA) is 40.5 Å². The third kappa shape index (κ3) is 1.31. The Kier molecular flexibility index (Phi) is 2.00. The smallest absolute Gasteiger partial charge is 0.121 e. The van der Waals surface area contributed by atoms with Gasteiger partial charge in [-0.15, -0.1) is 0 Å². The van der Waals surface area contributed by atoms with Crippen molar-refractivity contribution in [3.63, 3.8) is 0 Å². The summed E-state index contributed by atoms with van der Waals surface area (Å²) in [6, 6.07) is 5.45. The minimum absolute atomic E-state index is 0.233. The Morgan fingerprint density at radius 3 is 2.92 bits per heavy atom. The zero-order chi connectivity index (χ0) is 9.42. The van der Waals surface area contributed by atoms with Gasteiger partial charge in [-0.1, -0.05) is 19.1 Å². The molecule has 0 heterocycles. The van der Waals surface area contributed by atoms with Gasteiger partial charge in [0, 0.05) is 5.56 Å². The summed E-state index contributed by atoms with van der Waals surface area (Å²) < 4.78 is 0. The van der Waals surface area contributed by atoms with Crippen LogP contribution >= 0.6 is 0 Å². The third-order valence-electron chi connectivity index (χ3n) is 2.88. The van der Waals surface area contributed by atoms with Crippen molar-refractivity contribution in [3.05, 3.63) is 29.3 Å². The quantitative estimate of drug-likeness (QED) is 0.638. The second-order valence-electron chi connectivity index (χ2n) is 3.81. The van der Waals surface area contributed by atoms with Crippen molar-refractivity contribution in [3.8, 4) is 5.75 Å². The first-order chi connectivity index (χ1) is 6.20. The highest BCUT2D eigenvalue weighted by atomic mass is 16.3. The van der Waals surface area contributed by atoms with Gasteiger partial charge in [-0.3, -0.25) is 0 Å². The van der Waals surface area contributed by atoms with Crippen molar-refractivity contribution in [1.29, 1.82) is 0 Å². The first-order valence-electron chi connectivity index (χ1n) is 4.69. The molecule has 13 heavy (non-hydrogen) atoms. The van der Waals surface area contributed by atoms with Gasteiger partial charge in [0.15, 0.2) is 0 Å². The summed E-state index contributed by atoms with van der Waals surface area (Å²) in [5, 5.41) is 19.4. The molecule has 0 unspecified atom stereocenters. The van der Waals surface area contributed by atoms with E-state index < -0.39 is 6.10 Å². The molecule has 0 saturated carbocycles. The summed E-state index contributed by atoms with van der Waals surface area (Å²) in [4.78, 5) is 0. The maximum Gasteiger partial charge on any atom is 0.121 e. The van der Waals surface area contributed by atoms with Crippen LogP contribution in [0.3, 0.4) is 0 Å². The van der Waals surface area contributed by atoms with Crippen molar-refractivity contribution in [2.24, 2.45) is 5.92 Å². The predicted octanol–water partition coefficient (Wildman–Crippen LogP) is 2.01. The molecule has 0 radical (unpaired) electrons. The number of phenols is 1. The van der Waals surface area contributed by atoms with E-state index in [2.05, 4.69) is 0 Å². The van der Waals surface area contributed by atoms with Gasteiger partial charge < -0.3 is 10.2 Å². The van der Waals surface area contributed by atoms with E-state index in [9.17, 15) is 10.2 Å². The lowest BCUT2D eigenvalue weighted by Gasteiger charge is -2.27. The van der Waals surface area contributed by atoms with Crippen molar-refractivity contribution in [2.45, 2.75) is 25.9 Å². The zero-order valence-corrected chi connectivity index (χ0v) is 7.70. The fraction of sp³-hybridized carbons (Fsp3) is 0.455. The van der Waals surface area contributed by atoms with E-state index in [-0.39, 0.29) is 11.7 Å². The highest BCUT2D eigenvalue weighted by molar-refractivity contribution is 5.42. The highest BCUT2D eigenvalue weighted by Gasteiger charge is 2.26. The summed E-state index contributed by atoms with van der Waals surface area (Å²) in [7, 11) is 0. The zero-order valence-electron chi connectivity index (χ0n) is 7.70. The summed E-state index contributed by atoms with van der Waals surface area (Å²) in [5.41, 5.74) is 1.83. The Labute approximate surface area is 77.8 Å². The van der Waals surface area contributed by atoms with Gasteiger partial charge in [0.1, 0.15) is 5.75 Å². The molecule has 0 fully saturated rings.